The highest BCUT2D eigenvalue weighted by Crippen LogP contribution is 2.18. The van der Waals surface area contributed by atoms with Crippen molar-refractivity contribution in [3.8, 4) is 0 Å². The molecule has 2 amide bonds. The summed E-state index contributed by atoms with van der Waals surface area (Å²) < 4.78 is 1.10. The molecule has 0 unspecified atom stereocenters. The van der Waals surface area contributed by atoms with Crippen molar-refractivity contribution in [2.24, 2.45) is 0 Å². The first-order chi connectivity index (χ1) is 13.1. The van der Waals surface area contributed by atoms with E-state index < -0.39 is 0 Å². The minimum atomic E-state index is -0.0589. The first-order valence-corrected chi connectivity index (χ1v) is 10.4. The number of urea groups is 1. The number of piperidine rings is 1. The molecule has 0 radical (unpaired) electrons. The molecule has 2 heterocycles. The molecule has 1 aliphatic heterocycles. The normalized spacial score (nSPS) is 14.8. The lowest BCUT2D eigenvalue weighted by Crippen LogP contribution is -2.48. The molecule has 144 valence electrons. The molecule has 5 nitrogen and oxygen atoms in total. The van der Waals surface area contributed by atoms with Gasteiger partial charge in [-0.25, -0.2) is 9.78 Å². The van der Waals surface area contributed by atoms with Gasteiger partial charge in [0, 0.05) is 35.8 Å². The van der Waals surface area contributed by atoms with Crippen LogP contribution in [0.1, 0.15) is 30.5 Å². The largest absolute Gasteiger partial charge is 0.356 e. The summed E-state index contributed by atoms with van der Waals surface area (Å²) in [6.45, 7) is 4.54. The maximum atomic E-state index is 12.1. The molecule has 0 bridgehead atoms. The van der Waals surface area contributed by atoms with Crippen LogP contribution in [0.25, 0.3) is 0 Å². The van der Waals surface area contributed by atoms with Crippen LogP contribution in [-0.4, -0.2) is 36.7 Å². The monoisotopic (exact) mass is 430 g/mol. The predicted octanol–water partition coefficient (Wildman–Crippen LogP) is 4.05. The van der Waals surface area contributed by atoms with Crippen molar-refractivity contribution in [3.63, 3.8) is 0 Å². The lowest BCUT2D eigenvalue weighted by atomic mass is 10.1. The summed E-state index contributed by atoms with van der Waals surface area (Å²) in [5.41, 5.74) is 2.32. The number of benzene rings is 1. The summed E-state index contributed by atoms with van der Waals surface area (Å²) in [4.78, 5) is 19.0. The molecule has 27 heavy (non-hydrogen) atoms. The minimum Gasteiger partial charge on any atom is -0.356 e. The highest BCUT2D eigenvalue weighted by atomic mass is 79.9. The van der Waals surface area contributed by atoms with E-state index in [1.54, 1.807) is 0 Å². The van der Waals surface area contributed by atoms with Crippen LogP contribution >= 0.6 is 15.9 Å². The van der Waals surface area contributed by atoms with Gasteiger partial charge in [-0.3, -0.25) is 0 Å². The van der Waals surface area contributed by atoms with E-state index in [0.29, 0.717) is 6.54 Å². The SMILES string of the molecule is Cc1cccc(N2CCC(NC(=O)NCCCc3cccc(Br)c3)CC2)n1. The molecule has 1 saturated heterocycles. The summed E-state index contributed by atoms with van der Waals surface area (Å²) in [5.74, 6) is 1.03. The number of amides is 2. The Morgan fingerprint density at radius 1 is 1.22 bits per heavy atom. The third kappa shape index (κ3) is 6.24. The molecule has 0 saturated carbocycles. The number of carbonyl (C=O) groups is 1. The third-order valence-electron chi connectivity index (χ3n) is 4.84. The zero-order chi connectivity index (χ0) is 19.1. The van der Waals surface area contributed by atoms with Gasteiger partial charge in [0.2, 0.25) is 0 Å². The average molecular weight is 431 g/mol. The van der Waals surface area contributed by atoms with Crippen molar-refractivity contribution in [1.29, 1.82) is 0 Å². The number of nitrogens with one attached hydrogen (secondary N) is 2. The van der Waals surface area contributed by atoms with Crippen molar-refractivity contribution in [3.05, 3.63) is 58.2 Å². The Bertz CT molecular complexity index is 759. The molecule has 0 atom stereocenters. The third-order valence-corrected chi connectivity index (χ3v) is 5.34. The van der Waals surface area contributed by atoms with Crippen LogP contribution in [0.2, 0.25) is 0 Å². The summed E-state index contributed by atoms with van der Waals surface area (Å²) >= 11 is 3.49. The van der Waals surface area contributed by atoms with E-state index in [1.807, 2.05) is 31.2 Å². The number of rotatable bonds is 6. The molecule has 2 N–H and O–H groups in total. The van der Waals surface area contributed by atoms with Crippen molar-refractivity contribution < 1.29 is 4.79 Å². The van der Waals surface area contributed by atoms with Crippen LogP contribution in [0.15, 0.2) is 46.9 Å². The van der Waals surface area contributed by atoms with Crippen LogP contribution in [-0.2, 0) is 6.42 Å². The van der Waals surface area contributed by atoms with Gasteiger partial charge in [0.15, 0.2) is 0 Å². The van der Waals surface area contributed by atoms with Gasteiger partial charge in [0.25, 0.3) is 0 Å². The number of aromatic nitrogens is 1. The fourth-order valence-corrected chi connectivity index (χ4v) is 3.83. The number of nitrogens with zero attached hydrogens (tertiary/aromatic N) is 2. The van der Waals surface area contributed by atoms with Crippen molar-refractivity contribution in [2.45, 2.75) is 38.6 Å². The smallest absolute Gasteiger partial charge is 0.315 e. The summed E-state index contributed by atoms with van der Waals surface area (Å²) in [7, 11) is 0. The summed E-state index contributed by atoms with van der Waals surface area (Å²) in [6, 6.07) is 14.6. The topological polar surface area (TPSA) is 57.3 Å². The van der Waals surface area contributed by atoms with E-state index in [1.165, 1.54) is 5.56 Å². The molecule has 1 aliphatic rings. The zero-order valence-corrected chi connectivity index (χ0v) is 17.3. The highest BCUT2D eigenvalue weighted by Gasteiger charge is 2.21. The lowest BCUT2D eigenvalue weighted by Gasteiger charge is -2.33. The Balaban J connectivity index is 1.33. The van der Waals surface area contributed by atoms with Crippen LogP contribution < -0.4 is 15.5 Å². The van der Waals surface area contributed by atoms with Gasteiger partial charge >= 0.3 is 6.03 Å². The number of hydrogen-bond acceptors (Lipinski definition) is 3. The van der Waals surface area contributed by atoms with E-state index in [4.69, 9.17) is 0 Å². The van der Waals surface area contributed by atoms with Crippen molar-refractivity contribution in [1.82, 2.24) is 15.6 Å². The fourth-order valence-electron chi connectivity index (χ4n) is 3.38. The molecule has 6 heteroatoms. The van der Waals surface area contributed by atoms with Gasteiger partial charge in [-0.15, -0.1) is 0 Å². The van der Waals surface area contributed by atoms with E-state index in [9.17, 15) is 4.79 Å². The highest BCUT2D eigenvalue weighted by molar-refractivity contribution is 9.10. The van der Waals surface area contributed by atoms with Gasteiger partial charge in [-0.1, -0.05) is 34.1 Å². The molecule has 0 spiro atoms. The van der Waals surface area contributed by atoms with E-state index >= 15 is 0 Å². The Morgan fingerprint density at radius 2 is 2.00 bits per heavy atom. The van der Waals surface area contributed by atoms with E-state index in [2.05, 4.69) is 54.6 Å². The summed E-state index contributed by atoms with van der Waals surface area (Å²) in [5, 5.41) is 6.08. The van der Waals surface area contributed by atoms with Crippen molar-refractivity contribution in [2.75, 3.05) is 24.5 Å². The second-order valence-electron chi connectivity index (χ2n) is 7.03. The first kappa shape index (κ1) is 19.7. The van der Waals surface area contributed by atoms with Gasteiger partial charge in [-0.05, 0) is 62.4 Å². The molecular weight excluding hydrogens is 404 g/mol. The molecule has 1 aromatic carbocycles. The second kappa shape index (κ2) is 9.74. The number of halogens is 1. The molecule has 0 aliphatic carbocycles. The number of carbonyl (C=O) groups excluding carboxylic acids is 1. The number of anilines is 1. The Hall–Kier alpha value is -2.08. The maximum absolute atomic E-state index is 12.1. The van der Waals surface area contributed by atoms with Gasteiger partial charge in [0.05, 0.1) is 0 Å². The lowest BCUT2D eigenvalue weighted by molar-refractivity contribution is 0.234. The number of aryl methyl sites for hydroxylation is 2. The van der Waals surface area contributed by atoms with E-state index in [0.717, 1.165) is 54.8 Å². The van der Waals surface area contributed by atoms with Gasteiger partial charge < -0.3 is 15.5 Å². The second-order valence-corrected chi connectivity index (χ2v) is 7.95. The molecule has 2 aromatic rings. The van der Waals surface area contributed by atoms with Crippen LogP contribution in [0.5, 0.6) is 0 Å². The Labute approximate surface area is 169 Å². The van der Waals surface area contributed by atoms with Gasteiger partial charge in [0.1, 0.15) is 5.82 Å². The Kier molecular flexibility index (Phi) is 7.10. The standard InChI is InChI=1S/C21H27BrN4O/c1-16-5-2-9-20(24-16)26-13-10-19(11-14-26)25-21(27)23-12-4-7-17-6-3-8-18(22)15-17/h2-3,5-6,8-9,15,19H,4,7,10-14H2,1H3,(H2,23,25,27). The van der Waals surface area contributed by atoms with Crippen LogP contribution in [0.4, 0.5) is 10.6 Å². The zero-order valence-electron chi connectivity index (χ0n) is 15.7. The predicted molar refractivity (Wildman–Crippen MR) is 113 cm³/mol. The molecule has 1 fully saturated rings. The average Bonchev–Trinajstić information content (AvgIpc) is 2.66. The van der Waals surface area contributed by atoms with Crippen molar-refractivity contribution >= 4 is 27.8 Å². The quantitative estimate of drug-likeness (QED) is 0.679. The molecule has 3 rings (SSSR count). The fraction of sp³-hybridized carbons (Fsp3) is 0.429. The van der Waals surface area contributed by atoms with E-state index in [-0.39, 0.29) is 12.1 Å². The maximum Gasteiger partial charge on any atom is 0.315 e. The number of hydrogen-bond donors (Lipinski definition) is 2. The minimum absolute atomic E-state index is 0.0589. The Morgan fingerprint density at radius 3 is 2.74 bits per heavy atom. The van der Waals surface area contributed by atoms with Gasteiger partial charge in [-0.2, -0.15) is 0 Å². The summed E-state index contributed by atoms with van der Waals surface area (Å²) in [6.07, 6.45) is 3.78. The molecular formula is C21H27BrN4O. The molecule has 1 aromatic heterocycles. The first-order valence-electron chi connectivity index (χ1n) is 9.57. The number of pyridine rings is 1. The van der Waals surface area contributed by atoms with Crippen LogP contribution in [0, 0.1) is 6.92 Å². The van der Waals surface area contributed by atoms with Crippen LogP contribution in [0.3, 0.4) is 0 Å².